The molecule has 1 aliphatic carbocycles. The molecule has 1 saturated carbocycles. The van der Waals surface area contributed by atoms with E-state index in [4.69, 9.17) is 16.3 Å². The molecule has 2 atom stereocenters. The summed E-state index contributed by atoms with van der Waals surface area (Å²) in [6.45, 7) is 3.89. The van der Waals surface area contributed by atoms with Crippen LogP contribution in [0, 0.1) is 5.92 Å². The third-order valence-corrected chi connectivity index (χ3v) is 5.62. The SMILES string of the molecule is C[C@H]1CCCC[C@H]1OCCNC(=O)Nc1ccc(N2CCCC2=O)c(Cl)c1. The summed E-state index contributed by atoms with van der Waals surface area (Å²) in [7, 11) is 0. The van der Waals surface area contributed by atoms with Crippen molar-refractivity contribution in [1.29, 1.82) is 0 Å². The van der Waals surface area contributed by atoms with E-state index in [0.717, 1.165) is 12.8 Å². The molecule has 27 heavy (non-hydrogen) atoms. The van der Waals surface area contributed by atoms with E-state index in [0.29, 0.717) is 54.5 Å². The smallest absolute Gasteiger partial charge is 0.319 e. The molecule has 2 aliphatic rings. The Labute approximate surface area is 165 Å². The molecule has 1 aliphatic heterocycles. The molecule has 1 aromatic carbocycles. The second-order valence-electron chi connectivity index (χ2n) is 7.37. The van der Waals surface area contributed by atoms with Crippen molar-refractivity contribution in [2.24, 2.45) is 5.92 Å². The zero-order valence-electron chi connectivity index (χ0n) is 15.8. The van der Waals surface area contributed by atoms with E-state index < -0.39 is 0 Å². The van der Waals surface area contributed by atoms with Gasteiger partial charge in [0.15, 0.2) is 0 Å². The lowest BCUT2D eigenvalue weighted by Crippen LogP contribution is -2.34. The van der Waals surface area contributed by atoms with Crippen LogP contribution in [0.1, 0.15) is 45.4 Å². The van der Waals surface area contributed by atoms with Crippen molar-refractivity contribution in [3.8, 4) is 0 Å². The van der Waals surface area contributed by atoms with Gasteiger partial charge in [-0.1, -0.05) is 31.4 Å². The number of benzene rings is 1. The largest absolute Gasteiger partial charge is 0.376 e. The minimum atomic E-state index is -0.295. The van der Waals surface area contributed by atoms with Gasteiger partial charge in [0.05, 0.1) is 23.4 Å². The molecule has 6 nitrogen and oxygen atoms in total. The molecule has 3 amide bonds. The molecule has 3 rings (SSSR count). The molecule has 1 saturated heterocycles. The summed E-state index contributed by atoms with van der Waals surface area (Å²) < 4.78 is 5.90. The van der Waals surface area contributed by atoms with E-state index in [1.807, 2.05) is 0 Å². The van der Waals surface area contributed by atoms with Gasteiger partial charge < -0.3 is 20.3 Å². The number of urea groups is 1. The van der Waals surface area contributed by atoms with Gasteiger partial charge in [0.1, 0.15) is 0 Å². The molecule has 1 aromatic rings. The normalized spacial score (nSPS) is 22.7. The topological polar surface area (TPSA) is 70.7 Å². The van der Waals surface area contributed by atoms with Crippen molar-refractivity contribution in [1.82, 2.24) is 5.32 Å². The zero-order valence-corrected chi connectivity index (χ0v) is 16.6. The molecule has 0 spiro atoms. The molecular formula is C20H28ClN3O3. The zero-order chi connectivity index (χ0) is 19.2. The number of nitrogens with one attached hydrogen (secondary N) is 2. The standard InChI is InChI=1S/C20H28ClN3O3/c1-14-5-2-3-6-18(14)27-12-10-22-20(26)23-15-8-9-17(16(21)13-15)24-11-4-7-19(24)25/h8-9,13-14,18H,2-7,10-12H2,1H3,(H2,22,23,26)/t14-,18+/m0/s1. The van der Waals surface area contributed by atoms with Gasteiger partial charge in [-0.05, 0) is 43.4 Å². The molecule has 0 bridgehead atoms. The molecule has 0 radical (unpaired) electrons. The molecule has 2 fully saturated rings. The van der Waals surface area contributed by atoms with Crippen molar-refractivity contribution in [3.05, 3.63) is 23.2 Å². The number of halogens is 1. The highest BCUT2D eigenvalue weighted by Crippen LogP contribution is 2.31. The minimum absolute atomic E-state index is 0.0858. The second kappa shape index (κ2) is 9.42. The first-order valence-electron chi connectivity index (χ1n) is 9.81. The molecule has 0 unspecified atom stereocenters. The van der Waals surface area contributed by atoms with Crippen LogP contribution in [0.2, 0.25) is 5.02 Å². The Kier molecular flexibility index (Phi) is 6.96. The maximum absolute atomic E-state index is 12.0. The van der Waals surface area contributed by atoms with Crippen LogP contribution in [0.3, 0.4) is 0 Å². The molecule has 0 aromatic heterocycles. The van der Waals surface area contributed by atoms with Gasteiger partial charge in [-0.3, -0.25) is 4.79 Å². The van der Waals surface area contributed by atoms with Crippen LogP contribution in [0.5, 0.6) is 0 Å². The van der Waals surface area contributed by atoms with Gasteiger partial charge in [-0.2, -0.15) is 0 Å². The van der Waals surface area contributed by atoms with Gasteiger partial charge in [-0.25, -0.2) is 4.79 Å². The summed E-state index contributed by atoms with van der Waals surface area (Å²) in [5, 5.41) is 6.02. The highest BCUT2D eigenvalue weighted by Gasteiger charge is 2.24. The average Bonchev–Trinajstić information content (AvgIpc) is 3.06. The fraction of sp³-hybridized carbons (Fsp3) is 0.600. The van der Waals surface area contributed by atoms with Crippen LogP contribution < -0.4 is 15.5 Å². The summed E-state index contributed by atoms with van der Waals surface area (Å²) in [5.74, 6) is 0.679. The Bertz CT molecular complexity index is 682. The first kappa shape index (κ1) is 20.0. The van der Waals surface area contributed by atoms with Crippen molar-refractivity contribution < 1.29 is 14.3 Å². The Balaban J connectivity index is 1.42. The Morgan fingerprint density at radius 1 is 1.30 bits per heavy atom. The van der Waals surface area contributed by atoms with Gasteiger partial charge in [-0.15, -0.1) is 0 Å². The number of nitrogens with zero attached hydrogens (tertiary/aromatic N) is 1. The molecular weight excluding hydrogens is 366 g/mol. The lowest BCUT2D eigenvalue weighted by molar-refractivity contribution is -0.117. The van der Waals surface area contributed by atoms with Gasteiger partial charge in [0.2, 0.25) is 5.91 Å². The van der Waals surface area contributed by atoms with E-state index in [-0.39, 0.29) is 11.9 Å². The molecule has 1 heterocycles. The summed E-state index contributed by atoms with van der Waals surface area (Å²) >= 11 is 6.30. The van der Waals surface area contributed by atoms with E-state index in [1.54, 1.807) is 23.1 Å². The van der Waals surface area contributed by atoms with Crippen LogP contribution in [0.15, 0.2) is 18.2 Å². The van der Waals surface area contributed by atoms with E-state index in [9.17, 15) is 9.59 Å². The predicted molar refractivity (Wildman–Crippen MR) is 107 cm³/mol. The lowest BCUT2D eigenvalue weighted by Gasteiger charge is -2.28. The van der Waals surface area contributed by atoms with Crippen LogP contribution in [-0.4, -0.2) is 37.7 Å². The predicted octanol–water partition coefficient (Wildman–Crippen LogP) is 4.18. The molecule has 148 valence electrons. The minimum Gasteiger partial charge on any atom is -0.376 e. The third kappa shape index (κ3) is 5.36. The summed E-state index contributed by atoms with van der Waals surface area (Å²) in [6, 6.07) is 4.90. The highest BCUT2D eigenvalue weighted by atomic mass is 35.5. The highest BCUT2D eigenvalue weighted by molar-refractivity contribution is 6.34. The molecule has 2 N–H and O–H groups in total. The third-order valence-electron chi connectivity index (χ3n) is 5.32. The number of carbonyl (C=O) groups is 2. The van der Waals surface area contributed by atoms with Crippen molar-refractivity contribution >= 4 is 34.9 Å². The second-order valence-corrected chi connectivity index (χ2v) is 7.77. The fourth-order valence-electron chi connectivity index (χ4n) is 3.79. The maximum Gasteiger partial charge on any atom is 0.319 e. The van der Waals surface area contributed by atoms with Gasteiger partial charge >= 0.3 is 6.03 Å². The van der Waals surface area contributed by atoms with Crippen LogP contribution in [0.25, 0.3) is 0 Å². The van der Waals surface area contributed by atoms with Crippen LogP contribution in [0.4, 0.5) is 16.2 Å². The van der Waals surface area contributed by atoms with Crippen molar-refractivity contribution in [3.63, 3.8) is 0 Å². The molecule has 7 heteroatoms. The van der Waals surface area contributed by atoms with E-state index in [2.05, 4.69) is 17.6 Å². The first-order chi connectivity index (χ1) is 13.0. The van der Waals surface area contributed by atoms with Crippen LogP contribution in [-0.2, 0) is 9.53 Å². The van der Waals surface area contributed by atoms with Crippen molar-refractivity contribution in [2.75, 3.05) is 29.9 Å². The summed E-state index contributed by atoms with van der Waals surface area (Å²) in [4.78, 5) is 25.6. The van der Waals surface area contributed by atoms with Crippen LogP contribution >= 0.6 is 11.6 Å². The van der Waals surface area contributed by atoms with Gasteiger partial charge in [0.25, 0.3) is 0 Å². The van der Waals surface area contributed by atoms with E-state index >= 15 is 0 Å². The number of carbonyl (C=O) groups excluding carboxylic acids is 2. The quantitative estimate of drug-likeness (QED) is 0.712. The Morgan fingerprint density at radius 3 is 2.81 bits per heavy atom. The van der Waals surface area contributed by atoms with E-state index in [1.165, 1.54) is 19.3 Å². The first-order valence-corrected chi connectivity index (χ1v) is 10.2. The summed E-state index contributed by atoms with van der Waals surface area (Å²) in [5.41, 5.74) is 1.29. The number of anilines is 2. The summed E-state index contributed by atoms with van der Waals surface area (Å²) in [6.07, 6.45) is 6.55. The number of rotatable bonds is 6. The van der Waals surface area contributed by atoms with Crippen molar-refractivity contribution in [2.45, 2.75) is 51.6 Å². The number of amides is 3. The van der Waals surface area contributed by atoms with Gasteiger partial charge in [0, 0.05) is 25.2 Å². The average molecular weight is 394 g/mol. The Hall–Kier alpha value is -1.79. The maximum atomic E-state index is 12.0. The fourth-order valence-corrected chi connectivity index (χ4v) is 4.07. The Morgan fingerprint density at radius 2 is 2.11 bits per heavy atom. The number of hydrogen-bond donors (Lipinski definition) is 2. The lowest BCUT2D eigenvalue weighted by atomic mass is 9.88. The monoisotopic (exact) mass is 393 g/mol. The number of ether oxygens (including phenoxy) is 1. The number of hydrogen-bond acceptors (Lipinski definition) is 3.